The van der Waals surface area contributed by atoms with Gasteiger partial charge in [-0.2, -0.15) is 0 Å². The number of hydrogen-bond donors (Lipinski definition) is 2. The largest absolute Gasteiger partial charge is 0.494 e. The first-order valence-corrected chi connectivity index (χ1v) is 13.5. The molecule has 0 unspecified atom stereocenters. The number of nitrogens with zero attached hydrogens (tertiary/aromatic N) is 4. The van der Waals surface area contributed by atoms with E-state index < -0.39 is 11.6 Å². The third-order valence-corrected chi connectivity index (χ3v) is 7.03. The Kier molecular flexibility index (Phi) is 10.0. The molecular formula is C30H32ClN5O4. The Balaban J connectivity index is 1.61. The van der Waals surface area contributed by atoms with Crippen molar-refractivity contribution in [3.63, 3.8) is 0 Å². The Morgan fingerprint density at radius 1 is 1.18 bits per heavy atom. The quantitative estimate of drug-likeness (QED) is 0.125. The molecule has 0 saturated heterocycles. The minimum atomic E-state index is -1.24. The van der Waals surface area contributed by atoms with Crippen LogP contribution in [0.5, 0.6) is 5.75 Å². The number of amides is 1. The fourth-order valence-electron chi connectivity index (χ4n) is 4.59. The zero-order valence-electron chi connectivity index (χ0n) is 22.3. The van der Waals surface area contributed by atoms with Gasteiger partial charge in [0, 0.05) is 41.5 Å². The first-order valence-electron chi connectivity index (χ1n) is 13.2. The smallest absolute Gasteiger partial charge is 0.252 e. The standard InChI is InChI=1S/C30H32ClN5O4/c1-21-30(19-24-7-2-3-8-25(24)20-34-36-32,29(38)33-15-14-22-6-4-9-26(31)18-22)35-28(40-21)23-10-12-27(13-11-23)39-17-5-16-37/h2-4,6-13,18,21,37H,5,14-17,19-20H2,1H3,(H,33,38)/t21-,30-/m1/s1. The number of aliphatic hydroxyl groups excluding tert-OH is 1. The van der Waals surface area contributed by atoms with Gasteiger partial charge >= 0.3 is 0 Å². The average molecular weight is 562 g/mol. The molecule has 0 aromatic heterocycles. The van der Waals surface area contributed by atoms with Crippen LogP contribution in [0.15, 0.2) is 82.9 Å². The zero-order chi connectivity index (χ0) is 28.4. The first-order chi connectivity index (χ1) is 19.4. The van der Waals surface area contributed by atoms with Gasteiger partial charge in [0.05, 0.1) is 13.2 Å². The molecular weight excluding hydrogens is 530 g/mol. The van der Waals surface area contributed by atoms with Gasteiger partial charge in [-0.05, 0) is 72.0 Å². The average Bonchev–Trinajstić information content (AvgIpc) is 3.29. The number of azide groups is 1. The topological polar surface area (TPSA) is 129 Å². The van der Waals surface area contributed by atoms with Gasteiger partial charge in [-0.1, -0.05) is 53.1 Å². The van der Waals surface area contributed by atoms with E-state index >= 15 is 0 Å². The molecule has 0 radical (unpaired) electrons. The van der Waals surface area contributed by atoms with Crippen molar-refractivity contribution in [3.8, 4) is 5.75 Å². The molecule has 0 saturated carbocycles. The number of nitrogens with one attached hydrogen (secondary N) is 1. The van der Waals surface area contributed by atoms with E-state index in [0.717, 1.165) is 22.3 Å². The molecule has 0 aliphatic carbocycles. The van der Waals surface area contributed by atoms with Crippen LogP contribution in [0.2, 0.25) is 5.02 Å². The number of carbonyl (C=O) groups is 1. The third-order valence-electron chi connectivity index (χ3n) is 6.80. The Bertz CT molecular complexity index is 1390. The maximum atomic E-state index is 13.9. The van der Waals surface area contributed by atoms with Crippen LogP contribution in [-0.4, -0.2) is 48.3 Å². The van der Waals surface area contributed by atoms with Gasteiger partial charge in [-0.3, -0.25) is 4.79 Å². The fraction of sp³-hybridized carbons (Fsp3) is 0.333. The van der Waals surface area contributed by atoms with Gasteiger partial charge in [0.15, 0.2) is 5.54 Å². The van der Waals surface area contributed by atoms with E-state index in [4.69, 9.17) is 36.7 Å². The second-order valence-electron chi connectivity index (χ2n) is 9.52. The molecule has 0 fully saturated rings. The summed E-state index contributed by atoms with van der Waals surface area (Å²) in [7, 11) is 0. The maximum Gasteiger partial charge on any atom is 0.252 e. The molecule has 40 heavy (non-hydrogen) atoms. The van der Waals surface area contributed by atoms with E-state index in [1.807, 2.05) is 79.7 Å². The summed E-state index contributed by atoms with van der Waals surface area (Å²) in [6.45, 7) is 2.89. The summed E-state index contributed by atoms with van der Waals surface area (Å²) in [4.78, 5) is 21.7. The predicted octanol–water partition coefficient (Wildman–Crippen LogP) is 5.42. The minimum absolute atomic E-state index is 0.0653. The molecule has 9 nitrogen and oxygen atoms in total. The molecule has 208 valence electrons. The molecule has 4 rings (SSSR count). The SMILES string of the molecule is C[C@H]1OC(c2ccc(OCCCO)cc2)=N[C@@]1(Cc1ccccc1CN=[N+]=[N-])C(=O)NCCc1cccc(Cl)c1. The van der Waals surface area contributed by atoms with Crippen molar-refractivity contribution >= 4 is 23.4 Å². The monoisotopic (exact) mass is 561 g/mol. The van der Waals surface area contributed by atoms with Crippen LogP contribution in [0.1, 0.15) is 35.6 Å². The molecule has 3 aromatic rings. The van der Waals surface area contributed by atoms with E-state index in [-0.39, 0.29) is 25.5 Å². The van der Waals surface area contributed by atoms with E-state index in [2.05, 4.69) is 15.3 Å². The van der Waals surface area contributed by atoms with Crippen molar-refractivity contribution < 1.29 is 19.4 Å². The Morgan fingerprint density at radius 3 is 2.67 bits per heavy atom. The third kappa shape index (κ3) is 7.12. The van der Waals surface area contributed by atoms with Crippen molar-refractivity contribution in [1.82, 2.24) is 5.32 Å². The zero-order valence-corrected chi connectivity index (χ0v) is 23.1. The van der Waals surface area contributed by atoms with Gasteiger partial charge < -0.3 is 19.9 Å². The lowest BCUT2D eigenvalue weighted by Gasteiger charge is -2.29. The molecule has 1 aliphatic heterocycles. The lowest BCUT2D eigenvalue weighted by atomic mass is 9.84. The summed E-state index contributed by atoms with van der Waals surface area (Å²) in [5, 5.41) is 16.4. The number of aliphatic imine (C=N–C) groups is 1. The second kappa shape index (κ2) is 13.8. The molecule has 1 aliphatic rings. The predicted molar refractivity (Wildman–Crippen MR) is 155 cm³/mol. The highest BCUT2D eigenvalue weighted by Crippen LogP contribution is 2.34. The highest BCUT2D eigenvalue weighted by atomic mass is 35.5. The van der Waals surface area contributed by atoms with Gasteiger partial charge in [0.25, 0.3) is 5.91 Å². The van der Waals surface area contributed by atoms with E-state index in [1.54, 1.807) is 0 Å². The van der Waals surface area contributed by atoms with E-state index in [0.29, 0.717) is 42.7 Å². The molecule has 1 heterocycles. The van der Waals surface area contributed by atoms with E-state index in [1.165, 1.54) is 0 Å². The van der Waals surface area contributed by atoms with Gasteiger partial charge in [0.1, 0.15) is 11.9 Å². The number of ether oxygens (including phenoxy) is 2. The summed E-state index contributed by atoms with van der Waals surface area (Å²) in [6, 6.07) is 22.4. The molecule has 2 atom stereocenters. The number of hydrogen-bond acceptors (Lipinski definition) is 6. The molecule has 0 bridgehead atoms. The lowest BCUT2D eigenvalue weighted by Crippen LogP contribution is -2.53. The summed E-state index contributed by atoms with van der Waals surface area (Å²) in [5.74, 6) is 0.785. The minimum Gasteiger partial charge on any atom is -0.494 e. The number of benzene rings is 3. The second-order valence-corrected chi connectivity index (χ2v) is 9.96. The van der Waals surface area contributed by atoms with E-state index in [9.17, 15) is 4.79 Å². The van der Waals surface area contributed by atoms with Crippen molar-refractivity contribution in [1.29, 1.82) is 0 Å². The highest BCUT2D eigenvalue weighted by Gasteiger charge is 2.50. The van der Waals surface area contributed by atoms with Crippen LogP contribution in [0.25, 0.3) is 10.4 Å². The normalized spacial score (nSPS) is 17.9. The fourth-order valence-corrected chi connectivity index (χ4v) is 4.80. The van der Waals surface area contributed by atoms with Crippen LogP contribution in [0.3, 0.4) is 0 Å². The molecule has 1 amide bonds. The van der Waals surface area contributed by atoms with Gasteiger partial charge in [-0.25, -0.2) is 4.99 Å². The maximum absolute atomic E-state index is 13.9. The molecule has 10 heteroatoms. The summed E-state index contributed by atoms with van der Waals surface area (Å²) >= 11 is 6.12. The number of carbonyl (C=O) groups excluding carboxylic acids is 1. The lowest BCUT2D eigenvalue weighted by molar-refractivity contribution is -0.128. The number of halogens is 1. The summed E-state index contributed by atoms with van der Waals surface area (Å²) < 4.78 is 11.8. The van der Waals surface area contributed by atoms with Gasteiger partial charge in [-0.15, -0.1) is 0 Å². The Labute approximate surface area is 238 Å². The van der Waals surface area contributed by atoms with Crippen LogP contribution < -0.4 is 10.1 Å². The Morgan fingerprint density at radius 2 is 1.95 bits per heavy atom. The van der Waals surface area contributed by atoms with Gasteiger partial charge in [0.2, 0.25) is 5.90 Å². The number of rotatable bonds is 13. The molecule has 2 N–H and O–H groups in total. The Hall–Kier alpha value is -4.04. The molecule has 0 spiro atoms. The summed E-state index contributed by atoms with van der Waals surface area (Å²) in [6.07, 6.45) is 0.853. The summed E-state index contributed by atoms with van der Waals surface area (Å²) in [5.41, 5.74) is 11.0. The highest BCUT2D eigenvalue weighted by molar-refractivity contribution is 6.30. The van der Waals surface area contributed by atoms with Crippen LogP contribution >= 0.6 is 11.6 Å². The van der Waals surface area contributed by atoms with Crippen molar-refractivity contribution in [2.45, 2.75) is 44.4 Å². The number of aliphatic hydroxyl groups is 1. The van der Waals surface area contributed by atoms with Crippen LogP contribution in [-0.2, 0) is 28.9 Å². The van der Waals surface area contributed by atoms with Crippen LogP contribution in [0.4, 0.5) is 0 Å². The van der Waals surface area contributed by atoms with Crippen molar-refractivity contribution in [2.75, 3.05) is 19.8 Å². The van der Waals surface area contributed by atoms with Crippen LogP contribution in [0, 0.1) is 0 Å². The van der Waals surface area contributed by atoms with Crippen molar-refractivity contribution in [3.05, 3.63) is 111 Å². The first kappa shape index (κ1) is 29.0. The van der Waals surface area contributed by atoms with Crippen molar-refractivity contribution in [2.24, 2.45) is 10.1 Å². The molecule has 3 aromatic carbocycles.